The molecule has 2 heterocycles. The molecule has 1 aliphatic heterocycles. The van der Waals surface area contributed by atoms with Crippen LogP contribution in [-0.4, -0.2) is 30.6 Å². The number of fused-ring (bicyclic) bond motifs is 2. The van der Waals surface area contributed by atoms with E-state index in [-0.39, 0.29) is 30.4 Å². The van der Waals surface area contributed by atoms with Gasteiger partial charge in [-0.25, -0.2) is 4.98 Å². The number of hydrogen-bond acceptors (Lipinski definition) is 5. The van der Waals surface area contributed by atoms with Crippen LogP contribution in [0.4, 0.5) is 4.39 Å². The van der Waals surface area contributed by atoms with Crippen LogP contribution in [0.25, 0.3) is 11.1 Å². The van der Waals surface area contributed by atoms with Gasteiger partial charge in [-0.05, 0) is 53.4 Å². The third kappa shape index (κ3) is 5.31. The molecule has 0 amide bonds. The Bertz CT molecular complexity index is 1170. The number of aromatic nitrogens is 1. The molecule has 4 rings (SSSR count). The Labute approximate surface area is 193 Å². The zero-order chi connectivity index (χ0) is 23.6. The van der Waals surface area contributed by atoms with Gasteiger partial charge in [-0.1, -0.05) is 26.8 Å². The molecule has 1 atom stereocenters. The largest absolute Gasteiger partial charge is 0.493 e. The van der Waals surface area contributed by atoms with Crippen molar-refractivity contribution in [3.63, 3.8) is 0 Å². The minimum Gasteiger partial charge on any atom is -0.493 e. The van der Waals surface area contributed by atoms with Crippen molar-refractivity contribution in [2.75, 3.05) is 19.8 Å². The lowest BCUT2D eigenvalue weighted by molar-refractivity contribution is 0.159. The summed E-state index contributed by atoms with van der Waals surface area (Å²) in [4.78, 5) is 3.77. The van der Waals surface area contributed by atoms with Gasteiger partial charge in [0.1, 0.15) is 29.7 Å². The van der Waals surface area contributed by atoms with E-state index in [0.29, 0.717) is 29.2 Å². The summed E-state index contributed by atoms with van der Waals surface area (Å²) in [7, 11) is 0. The number of rotatable bonds is 7. The fourth-order valence-corrected chi connectivity index (χ4v) is 3.72. The maximum absolute atomic E-state index is 14.3. The molecule has 3 aromatic rings. The molecule has 2 aromatic carbocycles. The molecule has 7 heteroatoms. The van der Waals surface area contributed by atoms with Crippen LogP contribution in [0, 0.1) is 16.8 Å². The normalized spacial score (nSPS) is 14.7. The molecular formula is C26H28FN3O3. The van der Waals surface area contributed by atoms with E-state index in [4.69, 9.17) is 25.4 Å². The lowest BCUT2D eigenvalue weighted by atomic mass is 9.86. The maximum atomic E-state index is 14.3. The molecule has 1 aromatic heterocycles. The Hall–Kier alpha value is -3.45. The first kappa shape index (κ1) is 22.7. The van der Waals surface area contributed by atoms with Crippen LogP contribution in [0.1, 0.15) is 37.8 Å². The summed E-state index contributed by atoms with van der Waals surface area (Å²) in [5, 5.41) is 7.48. The van der Waals surface area contributed by atoms with Crippen molar-refractivity contribution < 1.29 is 18.6 Å². The van der Waals surface area contributed by atoms with E-state index >= 15 is 0 Å². The van der Waals surface area contributed by atoms with Gasteiger partial charge < -0.3 is 19.9 Å². The summed E-state index contributed by atoms with van der Waals surface area (Å²) in [5.41, 5.74) is 8.38. The molecular weight excluding hydrogens is 421 g/mol. The topological polar surface area (TPSA) is 90.5 Å². The first-order chi connectivity index (χ1) is 15.7. The summed E-state index contributed by atoms with van der Waals surface area (Å²) in [6.07, 6.45) is 1.42. The molecule has 6 nitrogen and oxygen atoms in total. The molecule has 1 unspecified atom stereocenters. The van der Waals surface area contributed by atoms with E-state index < -0.39 is 5.95 Å². The predicted molar refractivity (Wildman–Crippen MR) is 126 cm³/mol. The Balaban J connectivity index is 1.73. The Morgan fingerprint density at radius 1 is 1.12 bits per heavy atom. The smallest absolute Gasteiger partial charge is 0.220 e. The van der Waals surface area contributed by atoms with Crippen molar-refractivity contribution in [1.29, 1.82) is 5.41 Å². The average molecular weight is 450 g/mol. The lowest BCUT2D eigenvalue weighted by Crippen LogP contribution is -2.22. The summed E-state index contributed by atoms with van der Waals surface area (Å²) >= 11 is 0. The molecule has 33 heavy (non-hydrogen) atoms. The van der Waals surface area contributed by atoms with Crippen molar-refractivity contribution in [3.05, 3.63) is 71.8 Å². The monoisotopic (exact) mass is 449 g/mol. The highest BCUT2D eigenvalue weighted by atomic mass is 19.1. The van der Waals surface area contributed by atoms with E-state index in [2.05, 4.69) is 25.8 Å². The SMILES string of the molecule is CC(C)(C)COc1ccc2c(c1)C(COCC(=N)N)c1cc(-c3cccnc3F)ccc1O2. The fraction of sp³-hybridized carbons (Fsp3) is 0.308. The average Bonchev–Trinajstić information content (AvgIpc) is 2.76. The minimum absolute atomic E-state index is 0.0195. The van der Waals surface area contributed by atoms with Crippen LogP contribution in [0.15, 0.2) is 54.7 Å². The van der Waals surface area contributed by atoms with Gasteiger partial charge in [-0.3, -0.25) is 5.41 Å². The van der Waals surface area contributed by atoms with E-state index in [1.807, 2.05) is 36.4 Å². The predicted octanol–water partition coefficient (Wildman–Crippen LogP) is 5.50. The number of nitrogens with one attached hydrogen (secondary N) is 1. The number of nitrogens with two attached hydrogens (primary N) is 1. The maximum Gasteiger partial charge on any atom is 0.220 e. The van der Waals surface area contributed by atoms with Crippen molar-refractivity contribution in [3.8, 4) is 28.4 Å². The van der Waals surface area contributed by atoms with E-state index in [9.17, 15) is 4.39 Å². The second kappa shape index (κ2) is 9.19. The Morgan fingerprint density at radius 2 is 1.85 bits per heavy atom. The van der Waals surface area contributed by atoms with Crippen LogP contribution in [0.5, 0.6) is 17.2 Å². The van der Waals surface area contributed by atoms with E-state index in [1.165, 1.54) is 6.20 Å². The second-order valence-corrected chi connectivity index (χ2v) is 9.34. The second-order valence-electron chi connectivity index (χ2n) is 9.34. The quantitative estimate of drug-likeness (QED) is 0.282. The van der Waals surface area contributed by atoms with Crippen molar-refractivity contribution >= 4 is 5.84 Å². The summed E-state index contributed by atoms with van der Waals surface area (Å²) in [5.74, 6) is 1.34. The molecule has 172 valence electrons. The van der Waals surface area contributed by atoms with Gasteiger partial charge in [-0.2, -0.15) is 4.39 Å². The Kier molecular flexibility index (Phi) is 6.33. The molecule has 0 bridgehead atoms. The molecule has 0 radical (unpaired) electrons. The molecule has 3 N–H and O–H groups in total. The number of benzene rings is 2. The van der Waals surface area contributed by atoms with Crippen LogP contribution >= 0.6 is 0 Å². The Morgan fingerprint density at radius 3 is 2.55 bits per heavy atom. The molecule has 0 saturated carbocycles. The van der Waals surface area contributed by atoms with E-state index in [1.54, 1.807) is 12.1 Å². The molecule has 0 aliphatic carbocycles. The third-order valence-electron chi connectivity index (χ3n) is 5.25. The van der Waals surface area contributed by atoms with Gasteiger partial charge in [0.25, 0.3) is 0 Å². The van der Waals surface area contributed by atoms with Crippen molar-refractivity contribution in [2.24, 2.45) is 11.1 Å². The van der Waals surface area contributed by atoms with Crippen LogP contribution in [0.3, 0.4) is 0 Å². The number of nitrogens with zero attached hydrogens (tertiary/aromatic N) is 1. The summed E-state index contributed by atoms with van der Waals surface area (Å²) < 4.78 is 32.3. The van der Waals surface area contributed by atoms with Crippen LogP contribution < -0.4 is 15.2 Å². The zero-order valence-electron chi connectivity index (χ0n) is 19.0. The van der Waals surface area contributed by atoms with Gasteiger partial charge in [0.2, 0.25) is 5.95 Å². The van der Waals surface area contributed by atoms with Gasteiger partial charge in [0, 0.05) is 28.8 Å². The summed E-state index contributed by atoms with van der Waals surface area (Å²) in [6.45, 7) is 7.22. The number of halogens is 1. The van der Waals surface area contributed by atoms with Gasteiger partial charge in [-0.15, -0.1) is 0 Å². The fourth-order valence-electron chi connectivity index (χ4n) is 3.72. The number of pyridine rings is 1. The standard InChI is InChI=1S/C26H28FN3O3/c1-26(2,3)15-32-17-7-9-23-20(12-17)21(13-31-14-24(28)29)19-11-16(6-8-22(19)33-23)18-5-4-10-30-25(18)27/h4-12,21H,13-15H2,1-3H3,(H3,28,29). The van der Waals surface area contributed by atoms with E-state index in [0.717, 1.165) is 16.9 Å². The van der Waals surface area contributed by atoms with Crippen molar-refractivity contribution in [1.82, 2.24) is 4.98 Å². The van der Waals surface area contributed by atoms with Gasteiger partial charge in [0.15, 0.2) is 0 Å². The highest BCUT2D eigenvalue weighted by Crippen LogP contribution is 2.46. The molecule has 0 saturated heterocycles. The first-order valence-electron chi connectivity index (χ1n) is 10.8. The van der Waals surface area contributed by atoms with Crippen LogP contribution in [-0.2, 0) is 4.74 Å². The van der Waals surface area contributed by atoms with Gasteiger partial charge in [0.05, 0.1) is 13.2 Å². The molecule has 1 aliphatic rings. The number of hydrogen-bond donors (Lipinski definition) is 2. The minimum atomic E-state index is -0.531. The lowest BCUT2D eigenvalue weighted by Gasteiger charge is -2.29. The zero-order valence-corrected chi connectivity index (χ0v) is 19.0. The van der Waals surface area contributed by atoms with Crippen LogP contribution in [0.2, 0.25) is 0 Å². The third-order valence-corrected chi connectivity index (χ3v) is 5.25. The highest BCUT2D eigenvalue weighted by Gasteiger charge is 2.29. The summed E-state index contributed by atoms with van der Waals surface area (Å²) in [6, 6.07) is 14.7. The molecule has 0 fully saturated rings. The highest BCUT2D eigenvalue weighted by molar-refractivity contribution is 5.78. The number of amidine groups is 1. The van der Waals surface area contributed by atoms with Crippen molar-refractivity contribution in [2.45, 2.75) is 26.7 Å². The number of ether oxygens (including phenoxy) is 3. The van der Waals surface area contributed by atoms with Gasteiger partial charge >= 0.3 is 0 Å². The molecule has 0 spiro atoms. The first-order valence-corrected chi connectivity index (χ1v) is 10.8.